The minimum atomic E-state index is -0.297. The van der Waals surface area contributed by atoms with Gasteiger partial charge < -0.3 is 5.32 Å². The largest absolute Gasteiger partial charge is 0.322 e. The van der Waals surface area contributed by atoms with Gasteiger partial charge >= 0.3 is 0 Å². The maximum absolute atomic E-state index is 12.4. The molecule has 0 fully saturated rings. The smallest absolute Gasteiger partial charge is 0.271 e. The van der Waals surface area contributed by atoms with Gasteiger partial charge in [-0.15, -0.1) is 0 Å². The summed E-state index contributed by atoms with van der Waals surface area (Å²) in [7, 11) is 0. The van der Waals surface area contributed by atoms with Gasteiger partial charge in [-0.1, -0.05) is 56.9 Å². The Labute approximate surface area is 167 Å². The summed E-state index contributed by atoms with van der Waals surface area (Å²) in [4.78, 5) is 24.7. The van der Waals surface area contributed by atoms with Crippen molar-refractivity contribution < 1.29 is 9.59 Å². The van der Waals surface area contributed by atoms with Crippen molar-refractivity contribution in [1.82, 2.24) is 5.43 Å². The fourth-order valence-electron chi connectivity index (χ4n) is 2.84. The number of carbonyl (C=O) groups excluding carboxylic acids is 2. The van der Waals surface area contributed by atoms with Crippen LogP contribution in [0.25, 0.3) is 0 Å². The normalized spacial score (nSPS) is 10.8. The Bertz CT molecular complexity index is 815. The summed E-state index contributed by atoms with van der Waals surface area (Å²) in [6.45, 7) is 4.08. The lowest BCUT2D eigenvalue weighted by Crippen LogP contribution is -2.18. The van der Waals surface area contributed by atoms with E-state index in [9.17, 15) is 9.59 Å². The van der Waals surface area contributed by atoms with Crippen LogP contribution in [0.4, 0.5) is 5.69 Å². The Balaban J connectivity index is 1.85. The molecule has 0 aliphatic heterocycles. The van der Waals surface area contributed by atoms with E-state index in [-0.39, 0.29) is 11.8 Å². The molecule has 0 bridgehead atoms. The molecule has 5 heteroatoms. The quantitative estimate of drug-likeness (QED) is 0.333. The average molecular weight is 380 g/mol. The van der Waals surface area contributed by atoms with Gasteiger partial charge in [0.1, 0.15) is 0 Å². The van der Waals surface area contributed by atoms with Gasteiger partial charge in [-0.2, -0.15) is 5.10 Å². The minimum Gasteiger partial charge on any atom is -0.322 e. The molecule has 0 spiro atoms. The highest BCUT2D eigenvalue weighted by atomic mass is 16.2. The number of carbonyl (C=O) groups is 2. The van der Waals surface area contributed by atoms with Crippen LogP contribution in [0.3, 0.4) is 0 Å². The SMILES string of the molecule is CCCCCCC/C=N/NC(=O)c1cccc(NC(=O)c2ccccc2C)c1. The van der Waals surface area contributed by atoms with Crippen LogP contribution in [0.15, 0.2) is 53.6 Å². The standard InChI is InChI=1S/C23H29N3O2/c1-3-4-5-6-7-10-16-24-26-22(27)19-13-11-14-20(17-19)25-23(28)21-15-9-8-12-18(21)2/h8-9,11-17H,3-7,10H2,1-2H3,(H,25,28)(H,26,27)/b24-16+. The van der Waals surface area contributed by atoms with Crippen molar-refractivity contribution >= 4 is 23.7 Å². The molecule has 0 saturated carbocycles. The Hall–Kier alpha value is -2.95. The predicted octanol–water partition coefficient (Wildman–Crippen LogP) is 5.32. The molecule has 0 saturated heterocycles. The fourth-order valence-corrected chi connectivity index (χ4v) is 2.84. The first-order valence-corrected chi connectivity index (χ1v) is 9.90. The molecular formula is C23H29N3O2. The highest BCUT2D eigenvalue weighted by Gasteiger charge is 2.10. The van der Waals surface area contributed by atoms with Crippen LogP contribution in [0.1, 0.15) is 71.7 Å². The highest BCUT2D eigenvalue weighted by Crippen LogP contribution is 2.14. The lowest BCUT2D eigenvalue weighted by atomic mass is 10.1. The van der Waals surface area contributed by atoms with Crippen LogP contribution < -0.4 is 10.7 Å². The molecule has 0 radical (unpaired) electrons. The van der Waals surface area contributed by atoms with Gasteiger partial charge in [0.15, 0.2) is 0 Å². The second-order valence-corrected chi connectivity index (χ2v) is 6.81. The number of amides is 2. The van der Waals surface area contributed by atoms with Gasteiger partial charge in [0.05, 0.1) is 0 Å². The first kappa shape index (κ1) is 21.4. The number of benzene rings is 2. The third-order valence-corrected chi connectivity index (χ3v) is 4.47. The molecule has 0 heterocycles. The fraction of sp³-hybridized carbons (Fsp3) is 0.348. The van der Waals surface area contributed by atoms with Crippen LogP contribution in [0, 0.1) is 6.92 Å². The molecule has 0 aromatic heterocycles. The van der Waals surface area contributed by atoms with Gasteiger partial charge in [0.2, 0.25) is 0 Å². The Kier molecular flexibility index (Phi) is 8.92. The number of hydrogen-bond donors (Lipinski definition) is 2. The van der Waals surface area contributed by atoms with E-state index in [2.05, 4.69) is 22.8 Å². The molecule has 148 valence electrons. The molecule has 0 atom stereocenters. The summed E-state index contributed by atoms with van der Waals surface area (Å²) >= 11 is 0. The van der Waals surface area contributed by atoms with Crippen LogP contribution in [0.5, 0.6) is 0 Å². The Morgan fingerprint density at radius 2 is 1.75 bits per heavy atom. The summed E-state index contributed by atoms with van der Waals surface area (Å²) in [6.07, 6.45) is 8.62. The van der Waals surface area contributed by atoms with Crippen molar-refractivity contribution in [1.29, 1.82) is 0 Å². The van der Waals surface area contributed by atoms with Crippen molar-refractivity contribution in [3.63, 3.8) is 0 Å². The molecular weight excluding hydrogens is 350 g/mol. The summed E-state index contributed by atoms with van der Waals surface area (Å²) < 4.78 is 0. The van der Waals surface area contributed by atoms with Crippen LogP contribution in [-0.2, 0) is 0 Å². The molecule has 2 aromatic carbocycles. The third-order valence-electron chi connectivity index (χ3n) is 4.47. The lowest BCUT2D eigenvalue weighted by Gasteiger charge is -2.08. The van der Waals surface area contributed by atoms with Gasteiger partial charge in [0, 0.05) is 23.0 Å². The summed E-state index contributed by atoms with van der Waals surface area (Å²) in [5.74, 6) is -0.494. The van der Waals surface area contributed by atoms with E-state index in [1.807, 2.05) is 25.1 Å². The molecule has 0 aliphatic carbocycles. The van der Waals surface area contributed by atoms with Gasteiger partial charge in [-0.05, 0) is 49.6 Å². The van der Waals surface area contributed by atoms with Crippen molar-refractivity contribution in [3.05, 3.63) is 65.2 Å². The van der Waals surface area contributed by atoms with Crippen LogP contribution in [-0.4, -0.2) is 18.0 Å². The summed E-state index contributed by atoms with van der Waals surface area (Å²) in [5.41, 5.74) is 5.07. The molecule has 0 aliphatic rings. The molecule has 2 rings (SSSR count). The highest BCUT2D eigenvalue weighted by molar-refractivity contribution is 6.06. The third kappa shape index (κ3) is 6.99. The minimum absolute atomic E-state index is 0.197. The van der Waals surface area contributed by atoms with E-state index in [1.165, 1.54) is 25.7 Å². The molecule has 28 heavy (non-hydrogen) atoms. The number of hydrazone groups is 1. The monoisotopic (exact) mass is 379 g/mol. The average Bonchev–Trinajstić information content (AvgIpc) is 2.70. The number of aryl methyl sites for hydroxylation is 1. The Morgan fingerprint density at radius 1 is 0.964 bits per heavy atom. The first-order valence-electron chi connectivity index (χ1n) is 9.90. The number of anilines is 1. The summed E-state index contributed by atoms with van der Waals surface area (Å²) in [5, 5.41) is 6.84. The molecule has 0 unspecified atom stereocenters. The van der Waals surface area contributed by atoms with E-state index in [0.717, 1.165) is 18.4 Å². The van der Waals surface area contributed by atoms with Crippen LogP contribution in [0.2, 0.25) is 0 Å². The van der Waals surface area contributed by atoms with E-state index < -0.39 is 0 Å². The maximum atomic E-state index is 12.4. The van der Waals surface area contributed by atoms with Crippen molar-refractivity contribution in [2.24, 2.45) is 5.10 Å². The van der Waals surface area contributed by atoms with Gasteiger partial charge in [0.25, 0.3) is 11.8 Å². The number of nitrogens with zero attached hydrogens (tertiary/aromatic N) is 1. The van der Waals surface area contributed by atoms with E-state index in [1.54, 1.807) is 36.5 Å². The van der Waals surface area contributed by atoms with Crippen molar-refractivity contribution in [2.45, 2.75) is 52.4 Å². The zero-order valence-corrected chi connectivity index (χ0v) is 16.7. The molecule has 2 N–H and O–H groups in total. The van der Waals surface area contributed by atoms with Crippen LogP contribution >= 0.6 is 0 Å². The predicted molar refractivity (Wildman–Crippen MR) is 115 cm³/mol. The molecule has 2 amide bonds. The number of rotatable bonds is 10. The zero-order valence-electron chi connectivity index (χ0n) is 16.7. The topological polar surface area (TPSA) is 70.6 Å². The van der Waals surface area contributed by atoms with Gasteiger partial charge in [-0.25, -0.2) is 5.43 Å². The second-order valence-electron chi connectivity index (χ2n) is 6.81. The number of unbranched alkanes of at least 4 members (excludes halogenated alkanes) is 5. The molecule has 2 aromatic rings. The van der Waals surface area contributed by atoms with Gasteiger partial charge in [-0.3, -0.25) is 9.59 Å². The summed E-state index contributed by atoms with van der Waals surface area (Å²) in [6, 6.07) is 14.2. The maximum Gasteiger partial charge on any atom is 0.271 e. The van der Waals surface area contributed by atoms with E-state index in [0.29, 0.717) is 16.8 Å². The van der Waals surface area contributed by atoms with Crippen molar-refractivity contribution in [2.75, 3.05) is 5.32 Å². The van der Waals surface area contributed by atoms with E-state index >= 15 is 0 Å². The lowest BCUT2D eigenvalue weighted by molar-refractivity contribution is 0.0953. The Morgan fingerprint density at radius 3 is 2.54 bits per heavy atom. The van der Waals surface area contributed by atoms with Crippen molar-refractivity contribution in [3.8, 4) is 0 Å². The van der Waals surface area contributed by atoms with E-state index in [4.69, 9.17) is 0 Å². The number of hydrogen-bond acceptors (Lipinski definition) is 3. The zero-order chi connectivity index (χ0) is 20.2. The molecule has 5 nitrogen and oxygen atoms in total. The second kappa shape index (κ2) is 11.7. The number of nitrogens with one attached hydrogen (secondary N) is 2. The first-order chi connectivity index (χ1) is 13.6.